The van der Waals surface area contributed by atoms with Crippen molar-refractivity contribution in [2.24, 2.45) is 0 Å². The van der Waals surface area contributed by atoms with Crippen molar-refractivity contribution in [2.45, 2.75) is 19.3 Å². The van der Waals surface area contributed by atoms with Crippen molar-refractivity contribution in [3.63, 3.8) is 0 Å². The fourth-order valence-electron chi connectivity index (χ4n) is 1.77. The lowest BCUT2D eigenvalue weighted by Gasteiger charge is -2.01. The molecule has 0 aliphatic carbocycles. The summed E-state index contributed by atoms with van der Waals surface area (Å²) in [6, 6.07) is 10.1. The van der Waals surface area contributed by atoms with Gasteiger partial charge in [-0.05, 0) is 24.8 Å². The van der Waals surface area contributed by atoms with Crippen LogP contribution in [0.5, 0.6) is 0 Å². The highest BCUT2D eigenvalue weighted by Crippen LogP contribution is 2.13. The predicted octanol–water partition coefficient (Wildman–Crippen LogP) is 1.59. The SMILES string of the molecule is O=C1C=C(CCCc2ccccc2)C(=O)N1. The number of nitrogens with one attached hydrogen (secondary N) is 1. The summed E-state index contributed by atoms with van der Waals surface area (Å²) >= 11 is 0. The first kappa shape index (κ1) is 10.6. The Balaban J connectivity index is 1.83. The summed E-state index contributed by atoms with van der Waals surface area (Å²) in [6.07, 6.45) is 3.87. The van der Waals surface area contributed by atoms with Gasteiger partial charge in [0.2, 0.25) is 0 Å². The molecule has 1 aromatic rings. The van der Waals surface area contributed by atoms with Crippen molar-refractivity contribution in [1.29, 1.82) is 0 Å². The summed E-state index contributed by atoms with van der Waals surface area (Å²) in [5.74, 6) is -0.530. The molecule has 1 aliphatic heterocycles. The van der Waals surface area contributed by atoms with Gasteiger partial charge in [0.25, 0.3) is 11.8 Å². The molecule has 0 fully saturated rings. The third kappa shape index (κ3) is 2.57. The molecule has 16 heavy (non-hydrogen) atoms. The number of aryl methyl sites for hydroxylation is 1. The predicted molar refractivity (Wildman–Crippen MR) is 60.6 cm³/mol. The normalized spacial score (nSPS) is 14.9. The molecule has 0 radical (unpaired) electrons. The Hall–Kier alpha value is -1.90. The van der Waals surface area contributed by atoms with Crippen LogP contribution in [0.2, 0.25) is 0 Å². The summed E-state index contributed by atoms with van der Waals surface area (Å²) in [7, 11) is 0. The molecule has 2 amide bonds. The summed E-state index contributed by atoms with van der Waals surface area (Å²) < 4.78 is 0. The largest absolute Gasteiger partial charge is 0.289 e. The highest BCUT2D eigenvalue weighted by atomic mass is 16.2. The van der Waals surface area contributed by atoms with Gasteiger partial charge in [0.1, 0.15) is 0 Å². The number of benzene rings is 1. The van der Waals surface area contributed by atoms with Gasteiger partial charge in [0.05, 0.1) is 0 Å². The zero-order valence-corrected chi connectivity index (χ0v) is 8.90. The second kappa shape index (κ2) is 4.75. The number of amides is 2. The fourth-order valence-corrected chi connectivity index (χ4v) is 1.77. The molecule has 3 heteroatoms. The Labute approximate surface area is 94.2 Å². The van der Waals surface area contributed by atoms with Crippen LogP contribution in [0.3, 0.4) is 0 Å². The van der Waals surface area contributed by atoms with E-state index in [2.05, 4.69) is 17.4 Å². The van der Waals surface area contributed by atoms with E-state index in [9.17, 15) is 9.59 Å². The van der Waals surface area contributed by atoms with Crippen molar-refractivity contribution >= 4 is 11.8 Å². The van der Waals surface area contributed by atoms with E-state index < -0.39 is 0 Å². The van der Waals surface area contributed by atoms with Crippen LogP contribution >= 0.6 is 0 Å². The van der Waals surface area contributed by atoms with E-state index in [0.717, 1.165) is 12.8 Å². The topological polar surface area (TPSA) is 46.2 Å². The number of imide groups is 1. The second-order valence-corrected chi connectivity index (χ2v) is 3.83. The molecule has 2 rings (SSSR count). The van der Waals surface area contributed by atoms with E-state index in [1.807, 2.05) is 18.2 Å². The number of rotatable bonds is 4. The Morgan fingerprint density at radius 3 is 2.38 bits per heavy atom. The maximum absolute atomic E-state index is 11.2. The Morgan fingerprint density at radius 2 is 1.75 bits per heavy atom. The monoisotopic (exact) mass is 215 g/mol. The van der Waals surface area contributed by atoms with Gasteiger partial charge >= 0.3 is 0 Å². The Morgan fingerprint density at radius 1 is 1.00 bits per heavy atom. The highest BCUT2D eigenvalue weighted by Gasteiger charge is 2.19. The van der Waals surface area contributed by atoms with Crippen LogP contribution in [-0.2, 0) is 16.0 Å². The average molecular weight is 215 g/mol. The van der Waals surface area contributed by atoms with Crippen LogP contribution in [-0.4, -0.2) is 11.8 Å². The van der Waals surface area contributed by atoms with Crippen molar-refractivity contribution < 1.29 is 9.59 Å². The Bertz CT molecular complexity index is 435. The smallest absolute Gasteiger partial charge is 0.254 e. The minimum atomic E-state index is -0.292. The molecule has 82 valence electrons. The molecule has 3 nitrogen and oxygen atoms in total. The molecule has 0 saturated heterocycles. The van der Waals surface area contributed by atoms with Gasteiger partial charge in [0.15, 0.2) is 0 Å². The fraction of sp³-hybridized carbons (Fsp3) is 0.231. The van der Waals surface area contributed by atoms with Gasteiger partial charge in [0, 0.05) is 11.6 Å². The van der Waals surface area contributed by atoms with Gasteiger partial charge in [-0.1, -0.05) is 30.3 Å². The maximum Gasteiger partial charge on any atom is 0.254 e. The van der Waals surface area contributed by atoms with Crippen molar-refractivity contribution in [1.82, 2.24) is 5.32 Å². The zero-order valence-electron chi connectivity index (χ0n) is 8.90. The molecule has 0 aromatic heterocycles. The number of hydrogen-bond donors (Lipinski definition) is 1. The molecule has 0 atom stereocenters. The lowest BCUT2D eigenvalue weighted by molar-refractivity contribution is -0.123. The molecule has 1 N–H and O–H groups in total. The van der Waals surface area contributed by atoms with Crippen molar-refractivity contribution in [3.8, 4) is 0 Å². The van der Waals surface area contributed by atoms with Crippen LogP contribution < -0.4 is 5.32 Å². The van der Waals surface area contributed by atoms with E-state index in [1.165, 1.54) is 11.6 Å². The van der Waals surface area contributed by atoms with Crippen LogP contribution in [0.4, 0.5) is 0 Å². The van der Waals surface area contributed by atoms with Gasteiger partial charge in [-0.3, -0.25) is 14.9 Å². The highest BCUT2D eigenvalue weighted by molar-refractivity contribution is 6.16. The number of hydrogen-bond acceptors (Lipinski definition) is 2. The molecule has 0 unspecified atom stereocenters. The molecule has 1 aromatic carbocycles. The molecule has 1 aliphatic rings. The lowest BCUT2D eigenvalue weighted by atomic mass is 10.0. The first-order chi connectivity index (χ1) is 7.75. The third-order valence-electron chi connectivity index (χ3n) is 2.59. The summed E-state index contributed by atoms with van der Waals surface area (Å²) in [5.41, 5.74) is 1.86. The summed E-state index contributed by atoms with van der Waals surface area (Å²) in [4.78, 5) is 22.1. The quantitative estimate of drug-likeness (QED) is 0.775. The average Bonchev–Trinajstić information content (AvgIpc) is 2.59. The van der Waals surface area contributed by atoms with Crippen LogP contribution in [0.1, 0.15) is 18.4 Å². The van der Waals surface area contributed by atoms with Crippen molar-refractivity contribution in [3.05, 3.63) is 47.5 Å². The minimum absolute atomic E-state index is 0.238. The Kier molecular flexibility index (Phi) is 3.15. The summed E-state index contributed by atoms with van der Waals surface area (Å²) in [6.45, 7) is 0. The molecule has 0 saturated carbocycles. The minimum Gasteiger partial charge on any atom is -0.289 e. The molecular weight excluding hydrogens is 202 g/mol. The van der Waals surface area contributed by atoms with E-state index >= 15 is 0 Å². The van der Waals surface area contributed by atoms with Gasteiger partial charge in [-0.2, -0.15) is 0 Å². The van der Waals surface area contributed by atoms with Crippen molar-refractivity contribution in [2.75, 3.05) is 0 Å². The van der Waals surface area contributed by atoms with E-state index in [-0.39, 0.29) is 11.8 Å². The van der Waals surface area contributed by atoms with E-state index in [1.54, 1.807) is 0 Å². The molecule has 0 bridgehead atoms. The second-order valence-electron chi connectivity index (χ2n) is 3.83. The van der Waals surface area contributed by atoms with Gasteiger partial charge < -0.3 is 0 Å². The molecule has 1 heterocycles. The summed E-state index contributed by atoms with van der Waals surface area (Å²) in [5, 5.41) is 2.25. The van der Waals surface area contributed by atoms with Crippen LogP contribution in [0.15, 0.2) is 42.0 Å². The van der Waals surface area contributed by atoms with Gasteiger partial charge in [-0.15, -0.1) is 0 Å². The molecule has 0 spiro atoms. The third-order valence-corrected chi connectivity index (χ3v) is 2.59. The standard InChI is InChI=1S/C13H13NO2/c15-12-9-11(13(16)14-12)8-4-7-10-5-2-1-3-6-10/h1-3,5-6,9H,4,7-8H2,(H,14,15,16). The number of carbonyl (C=O) groups is 2. The van der Waals surface area contributed by atoms with Gasteiger partial charge in [-0.25, -0.2) is 0 Å². The van der Waals surface area contributed by atoms with E-state index in [0.29, 0.717) is 12.0 Å². The lowest BCUT2D eigenvalue weighted by Crippen LogP contribution is -2.22. The first-order valence-electron chi connectivity index (χ1n) is 5.35. The zero-order chi connectivity index (χ0) is 11.4. The van der Waals surface area contributed by atoms with E-state index in [4.69, 9.17) is 0 Å². The van der Waals surface area contributed by atoms with Crippen LogP contribution in [0, 0.1) is 0 Å². The first-order valence-corrected chi connectivity index (χ1v) is 5.35. The van der Waals surface area contributed by atoms with Crippen LogP contribution in [0.25, 0.3) is 0 Å². The maximum atomic E-state index is 11.2. The molecular formula is C13H13NO2. The number of carbonyl (C=O) groups excluding carboxylic acids is 2.